The third-order valence-electron chi connectivity index (χ3n) is 3.74. The lowest BCUT2D eigenvalue weighted by molar-refractivity contribution is 0.0489. The minimum Gasteiger partial charge on any atom is -0.505 e. The smallest absolute Gasteiger partial charge is 0.360 e. The summed E-state index contributed by atoms with van der Waals surface area (Å²) in [6, 6.07) is 15.7. The lowest BCUT2D eigenvalue weighted by atomic mass is 10.1. The molecule has 2 aromatic carbocycles. The van der Waals surface area contributed by atoms with E-state index in [9.17, 15) is 9.90 Å². The Bertz CT molecular complexity index is 881. The molecule has 1 heterocycles. The Hall–Kier alpha value is -2.53. The van der Waals surface area contributed by atoms with Crippen LogP contribution in [0.1, 0.15) is 30.3 Å². The number of benzene rings is 2. The number of fused-ring (bicyclic) bond motifs is 1. The van der Waals surface area contributed by atoms with Crippen LogP contribution >= 0.6 is 11.8 Å². The number of aromatic nitrogens is 1. The van der Waals surface area contributed by atoms with Crippen LogP contribution in [0.2, 0.25) is 0 Å². The van der Waals surface area contributed by atoms with Crippen LogP contribution in [0.4, 0.5) is 0 Å². The maximum atomic E-state index is 12.1. The second-order valence-electron chi connectivity index (χ2n) is 5.61. The van der Waals surface area contributed by atoms with Gasteiger partial charge in [0.2, 0.25) is 0 Å². The van der Waals surface area contributed by atoms with Crippen molar-refractivity contribution in [1.29, 1.82) is 0 Å². The van der Waals surface area contributed by atoms with Gasteiger partial charge < -0.3 is 9.84 Å². The second kappa shape index (κ2) is 8.03. The predicted molar refractivity (Wildman–Crippen MR) is 99.2 cm³/mol. The summed E-state index contributed by atoms with van der Waals surface area (Å²) >= 11 is 1.59. The molecule has 1 N–H and O–H groups in total. The first kappa shape index (κ1) is 17.3. The van der Waals surface area contributed by atoms with E-state index in [0.29, 0.717) is 12.0 Å². The SMILES string of the molecule is CCCCOC(=O)c1ncc2ccc(Sc3ccccc3)cc2c1O. The van der Waals surface area contributed by atoms with Crippen molar-refractivity contribution in [2.75, 3.05) is 6.61 Å². The van der Waals surface area contributed by atoms with Crippen molar-refractivity contribution in [3.63, 3.8) is 0 Å². The molecule has 128 valence electrons. The van der Waals surface area contributed by atoms with E-state index in [1.807, 2.05) is 55.5 Å². The van der Waals surface area contributed by atoms with Gasteiger partial charge >= 0.3 is 5.97 Å². The zero-order valence-electron chi connectivity index (χ0n) is 13.9. The molecule has 0 radical (unpaired) electrons. The zero-order valence-corrected chi connectivity index (χ0v) is 14.8. The summed E-state index contributed by atoms with van der Waals surface area (Å²) in [7, 11) is 0. The number of hydrogen-bond acceptors (Lipinski definition) is 5. The minimum absolute atomic E-state index is 0.0366. The van der Waals surface area contributed by atoms with Crippen molar-refractivity contribution < 1.29 is 14.6 Å². The largest absolute Gasteiger partial charge is 0.505 e. The van der Waals surface area contributed by atoms with Crippen molar-refractivity contribution in [3.8, 4) is 5.75 Å². The predicted octanol–water partition coefficient (Wildman–Crippen LogP) is 5.05. The van der Waals surface area contributed by atoms with E-state index in [-0.39, 0.29) is 11.4 Å². The van der Waals surface area contributed by atoms with Crippen LogP contribution in [-0.2, 0) is 4.74 Å². The fourth-order valence-corrected chi connectivity index (χ4v) is 3.27. The van der Waals surface area contributed by atoms with Gasteiger partial charge in [-0.2, -0.15) is 0 Å². The highest BCUT2D eigenvalue weighted by Crippen LogP contribution is 2.34. The number of ether oxygens (including phenoxy) is 1. The summed E-state index contributed by atoms with van der Waals surface area (Å²) < 4.78 is 5.16. The number of carbonyl (C=O) groups is 1. The third kappa shape index (κ3) is 4.12. The van der Waals surface area contributed by atoms with E-state index >= 15 is 0 Å². The Morgan fingerprint density at radius 2 is 1.96 bits per heavy atom. The van der Waals surface area contributed by atoms with Crippen molar-refractivity contribution in [2.45, 2.75) is 29.6 Å². The third-order valence-corrected chi connectivity index (χ3v) is 4.74. The number of pyridine rings is 1. The average molecular weight is 353 g/mol. The molecule has 1 aromatic heterocycles. The van der Waals surface area contributed by atoms with Gasteiger partial charge in [0.05, 0.1) is 6.61 Å². The highest BCUT2D eigenvalue weighted by Gasteiger charge is 2.17. The molecule has 0 saturated heterocycles. The number of nitrogens with zero attached hydrogens (tertiary/aromatic N) is 1. The molecule has 3 rings (SSSR count). The summed E-state index contributed by atoms with van der Waals surface area (Å²) in [5, 5.41) is 11.9. The highest BCUT2D eigenvalue weighted by atomic mass is 32.2. The van der Waals surface area contributed by atoms with Gasteiger partial charge in [-0.25, -0.2) is 9.78 Å². The molecule has 4 nitrogen and oxygen atoms in total. The molecule has 0 amide bonds. The molecule has 0 bridgehead atoms. The monoisotopic (exact) mass is 353 g/mol. The zero-order chi connectivity index (χ0) is 17.6. The van der Waals surface area contributed by atoms with Gasteiger partial charge in [0.25, 0.3) is 0 Å². The van der Waals surface area contributed by atoms with Crippen LogP contribution in [0.5, 0.6) is 5.75 Å². The molecule has 0 spiro atoms. The van der Waals surface area contributed by atoms with Crippen molar-refractivity contribution in [1.82, 2.24) is 4.98 Å². The van der Waals surface area contributed by atoms with E-state index in [4.69, 9.17) is 4.74 Å². The number of hydrogen-bond donors (Lipinski definition) is 1. The maximum Gasteiger partial charge on any atom is 0.360 e. The van der Waals surface area contributed by atoms with Gasteiger partial charge in [0.1, 0.15) is 0 Å². The van der Waals surface area contributed by atoms with Crippen LogP contribution in [0, 0.1) is 0 Å². The van der Waals surface area contributed by atoms with Gasteiger partial charge in [0, 0.05) is 26.8 Å². The molecule has 0 atom stereocenters. The van der Waals surface area contributed by atoms with E-state index in [2.05, 4.69) is 4.98 Å². The van der Waals surface area contributed by atoms with Gasteiger partial charge in [-0.1, -0.05) is 49.4 Å². The molecule has 0 unspecified atom stereocenters. The molecule has 0 aliphatic rings. The molecule has 25 heavy (non-hydrogen) atoms. The Balaban J connectivity index is 1.89. The first-order valence-electron chi connectivity index (χ1n) is 8.21. The minimum atomic E-state index is -0.589. The number of rotatable bonds is 6. The standard InChI is InChI=1S/C20H19NO3S/c1-2-3-11-24-20(23)18-19(22)17-12-16(10-9-14(17)13-21-18)25-15-7-5-4-6-8-15/h4-10,12-13,22H,2-3,11H2,1H3. The summed E-state index contributed by atoms with van der Waals surface area (Å²) in [6.45, 7) is 2.35. The topological polar surface area (TPSA) is 59.4 Å². The fraction of sp³-hybridized carbons (Fsp3) is 0.200. The summed E-state index contributed by atoms with van der Waals surface area (Å²) in [6.07, 6.45) is 3.31. The van der Waals surface area contributed by atoms with Crippen LogP contribution in [-0.4, -0.2) is 22.7 Å². The van der Waals surface area contributed by atoms with Gasteiger partial charge in [-0.05, 0) is 30.7 Å². The highest BCUT2D eigenvalue weighted by molar-refractivity contribution is 7.99. The van der Waals surface area contributed by atoms with E-state index in [0.717, 1.165) is 28.0 Å². The molecule has 0 fully saturated rings. The number of unbranched alkanes of at least 4 members (excludes halogenated alkanes) is 1. The van der Waals surface area contributed by atoms with E-state index < -0.39 is 5.97 Å². The van der Waals surface area contributed by atoms with Crippen molar-refractivity contribution in [3.05, 3.63) is 60.4 Å². The molecule has 5 heteroatoms. The average Bonchev–Trinajstić information content (AvgIpc) is 2.63. The van der Waals surface area contributed by atoms with E-state index in [1.165, 1.54) is 0 Å². The fourth-order valence-electron chi connectivity index (χ4n) is 2.39. The normalized spacial score (nSPS) is 10.8. The molecular weight excluding hydrogens is 334 g/mol. The van der Waals surface area contributed by atoms with Crippen molar-refractivity contribution >= 4 is 28.5 Å². The molecule has 0 saturated carbocycles. The quantitative estimate of drug-likeness (QED) is 0.496. The Kier molecular flexibility index (Phi) is 5.56. The van der Waals surface area contributed by atoms with Gasteiger partial charge in [-0.3, -0.25) is 0 Å². The summed E-state index contributed by atoms with van der Waals surface area (Å²) in [5.41, 5.74) is -0.0366. The van der Waals surface area contributed by atoms with Gasteiger partial charge in [-0.15, -0.1) is 0 Å². The van der Waals surface area contributed by atoms with Crippen LogP contribution in [0.25, 0.3) is 10.8 Å². The molecule has 3 aromatic rings. The van der Waals surface area contributed by atoms with Crippen LogP contribution in [0.15, 0.2) is 64.5 Å². The first-order chi connectivity index (χ1) is 12.2. The number of esters is 1. The lowest BCUT2D eigenvalue weighted by Crippen LogP contribution is -2.08. The van der Waals surface area contributed by atoms with Gasteiger partial charge in [0.15, 0.2) is 11.4 Å². The Morgan fingerprint density at radius 3 is 2.72 bits per heavy atom. The summed E-state index contributed by atoms with van der Waals surface area (Å²) in [4.78, 5) is 18.3. The summed E-state index contributed by atoms with van der Waals surface area (Å²) in [5.74, 6) is -0.719. The Morgan fingerprint density at radius 1 is 1.16 bits per heavy atom. The molecular formula is C20H19NO3S. The van der Waals surface area contributed by atoms with Crippen molar-refractivity contribution in [2.24, 2.45) is 0 Å². The molecule has 0 aliphatic carbocycles. The lowest BCUT2D eigenvalue weighted by Gasteiger charge is -2.09. The number of carbonyl (C=O) groups excluding carboxylic acids is 1. The Labute approximate surface area is 150 Å². The molecule has 0 aliphatic heterocycles. The maximum absolute atomic E-state index is 12.1. The van der Waals surface area contributed by atoms with Crippen LogP contribution in [0.3, 0.4) is 0 Å². The van der Waals surface area contributed by atoms with E-state index in [1.54, 1.807) is 18.0 Å². The first-order valence-corrected chi connectivity index (χ1v) is 9.02. The second-order valence-corrected chi connectivity index (χ2v) is 6.76. The van der Waals surface area contributed by atoms with Crippen LogP contribution < -0.4 is 0 Å². The number of aromatic hydroxyl groups is 1.